The van der Waals surface area contributed by atoms with Crippen LogP contribution in [0.2, 0.25) is 0 Å². The van der Waals surface area contributed by atoms with E-state index in [0.717, 1.165) is 44.9 Å². The van der Waals surface area contributed by atoms with E-state index in [9.17, 15) is 0 Å². The van der Waals surface area contributed by atoms with Gasteiger partial charge in [-0.25, -0.2) is 0 Å². The third-order valence-corrected chi connectivity index (χ3v) is 3.21. The molecule has 1 N–H and O–H groups in total. The maximum absolute atomic E-state index is 5.84. The number of aryl methyl sites for hydroxylation is 1. The summed E-state index contributed by atoms with van der Waals surface area (Å²) >= 11 is 0. The highest BCUT2D eigenvalue weighted by atomic mass is 16.5. The lowest BCUT2D eigenvalue weighted by atomic mass is 10.0. The van der Waals surface area contributed by atoms with Gasteiger partial charge in [-0.05, 0) is 62.0 Å². The first-order valence-electron chi connectivity index (χ1n) is 7.57. The number of nitrogens with one attached hydrogen (secondary N) is 1. The molecule has 0 saturated carbocycles. The molecule has 0 aliphatic rings. The maximum atomic E-state index is 5.84. The molecule has 0 amide bonds. The molecule has 0 atom stereocenters. The number of rotatable bonds is 10. The van der Waals surface area contributed by atoms with E-state index >= 15 is 0 Å². The van der Waals surface area contributed by atoms with Crippen LogP contribution in [0, 0.1) is 6.92 Å². The van der Waals surface area contributed by atoms with Crippen molar-refractivity contribution >= 4 is 0 Å². The monoisotopic (exact) mass is 279 g/mol. The van der Waals surface area contributed by atoms with E-state index in [-0.39, 0.29) is 0 Å². The molecule has 3 nitrogen and oxygen atoms in total. The fourth-order valence-corrected chi connectivity index (χ4v) is 2.05. The van der Waals surface area contributed by atoms with Crippen LogP contribution in [0.3, 0.4) is 0 Å². The molecular formula is C17H29NO2. The molecule has 0 aliphatic carbocycles. The molecule has 1 aromatic rings. The van der Waals surface area contributed by atoms with Crippen LogP contribution in [0.4, 0.5) is 0 Å². The first-order chi connectivity index (χ1) is 9.63. The van der Waals surface area contributed by atoms with Crippen LogP contribution in [0.25, 0.3) is 0 Å². The summed E-state index contributed by atoms with van der Waals surface area (Å²) in [6.07, 6.45) is 2.09. The summed E-state index contributed by atoms with van der Waals surface area (Å²) in [6, 6.07) is 6.50. The number of methoxy groups -OCH3 is 1. The highest BCUT2D eigenvalue weighted by Gasteiger charge is 2.03. The highest BCUT2D eigenvalue weighted by Crippen LogP contribution is 2.22. The van der Waals surface area contributed by atoms with Crippen molar-refractivity contribution < 1.29 is 9.47 Å². The van der Waals surface area contributed by atoms with Crippen molar-refractivity contribution in [1.82, 2.24) is 5.32 Å². The number of benzene rings is 1. The van der Waals surface area contributed by atoms with Crippen LogP contribution >= 0.6 is 0 Å². The Kier molecular flexibility index (Phi) is 8.31. The van der Waals surface area contributed by atoms with E-state index < -0.39 is 0 Å². The molecule has 0 bridgehead atoms. The van der Waals surface area contributed by atoms with Gasteiger partial charge in [0.2, 0.25) is 0 Å². The zero-order valence-corrected chi connectivity index (χ0v) is 13.4. The van der Waals surface area contributed by atoms with Crippen LogP contribution in [0.15, 0.2) is 18.2 Å². The van der Waals surface area contributed by atoms with Gasteiger partial charge >= 0.3 is 0 Å². The summed E-state index contributed by atoms with van der Waals surface area (Å²) in [4.78, 5) is 0. The minimum atomic E-state index is 0.541. The Morgan fingerprint density at radius 3 is 2.40 bits per heavy atom. The molecule has 1 aromatic carbocycles. The molecular weight excluding hydrogens is 250 g/mol. The van der Waals surface area contributed by atoms with Gasteiger partial charge in [-0.3, -0.25) is 0 Å². The van der Waals surface area contributed by atoms with Gasteiger partial charge in [0.05, 0.1) is 6.61 Å². The second kappa shape index (κ2) is 9.78. The minimum absolute atomic E-state index is 0.541. The van der Waals surface area contributed by atoms with Crippen molar-refractivity contribution in [1.29, 1.82) is 0 Å². The summed E-state index contributed by atoms with van der Waals surface area (Å²) in [5, 5.41) is 3.39. The smallest absolute Gasteiger partial charge is 0.119 e. The standard InChI is InChI=1S/C17H29NO2/c1-14(2)16-11-15(3)12-17(13-16)20-10-6-8-18-7-5-9-19-4/h11-14,18H,5-10H2,1-4H3. The average molecular weight is 279 g/mol. The molecule has 0 spiro atoms. The van der Waals surface area contributed by atoms with Gasteiger partial charge in [-0.1, -0.05) is 19.9 Å². The van der Waals surface area contributed by atoms with Crippen LogP contribution in [-0.4, -0.2) is 33.4 Å². The van der Waals surface area contributed by atoms with Crippen LogP contribution in [0.1, 0.15) is 43.7 Å². The quantitative estimate of drug-likeness (QED) is 0.665. The van der Waals surface area contributed by atoms with Crippen LogP contribution in [0.5, 0.6) is 5.75 Å². The Hall–Kier alpha value is -1.06. The minimum Gasteiger partial charge on any atom is -0.494 e. The summed E-state index contributed by atoms with van der Waals surface area (Å²) in [6.45, 7) is 10.1. The summed E-state index contributed by atoms with van der Waals surface area (Å²) in [5.41, 5.74) is 2.61. The maximum Gasteiger partial charge on any atom is 0.119 e. The molecule has 114 valence electrons. The first kappa shape index (κ1) is 17.0. The fraction of sp³-hybridized carbons (Fsp3) is 0.647. The van der Waals surface area contributed by atoms with E-state index in [4.69, 9.17) is 9.47 Å². The van der Waals surface area contributed by atoms with Crippen molar-refractivity contribution in [2.24, 2.45) is 0 Å². The van der Waals surface area contributed by atoms with Crippen molar-refractivity contribution in [2.75, 3.05) is 33.4 Å². The largest absolute Gasteiger partial charge is 0.494 e. The normalized spacial score (nSPS) is 11.1. The Morgan fingerprint density at radius 2 is 1.75 bits per heavy atom. The number of hydrogen-bond acceptors (Lipinski definition) is 3. The van der Waals surface area contributed by atoms with Crippen molar-refractivity contribution in [2.45, 2.75) is 39.5 Å². The molecule has 0 fully saturated rings. The summed E-state index contributed by atoms with van der Waals surface area (Å²) in [5.74, 6) is 1.53. The van der Waals surface area contributed by atoms with Gasteiger partial charge in [0.25, 0.3) is 0 Å². The van der Waals surface area contributed by atoms with Gasteiger partial charge in [0, 0.05) is 13.7 Å². The Morgan fingerprint density at radius 1 is 1.05 bits per heavy atom. The Bertz CT molecular complexity index is 377. The molecule has 0 aliphatic heterocycles. The van der Waals surface area contributed by atoms with Gasteiger partial charge < -0.3 is 14.8 Å². The summed E-state index contributed by atoms with van der Waals surface area (Å²) in [7, 11) is 1.74. The van der Waals surface area contributed by atoms with Crippen LogP contribution in [-0.2, 0) is 4.74 Å². The van der Waals surface area contributed by atoms with E-state index in [1.54, 1.807) is 7.11 Å². The topological polar surface area (TPSA) is 30.5 Å². The molecule has 0 unspecified atom stereocenters. The van der Waals surface area contributed by atoms with Crippen LogP contribution < -0.4 is 10.1 Å². The van der Waals surface area contributed by atoms with Crippen molar-refractivity contribution in [3.8, 4) is 5.75 Å². The first-order valence-corrected chi connectivity index (χ1v) is 7.57. The Labute approximate surface area is 123 Å². The van der Waals surface area contributed by atoms with Gasteiger partial charge in [-0.2, -0.15) is 0 Å². The van der Waals surface area contributed by atoms with Gasteiger partial charge in [0.1, 0.15) is 5.75 Å². The molecule has 3 heteroatoms. The average Bonchev–Trinajstić information content (AvgIpc) is 2.41. The Balaban J connectivity index is 2.21. The lowest BCUT2D eigenvalue weighted by molar-refractivity contribution is 0.194. The molecule has 20 heavy (non-hydrogen) atoms. The van der Waals surface area contributed by atoms with Gasteiger partial charge in [-0.15, -0.1) is 0 Å². The predicted octanol–water partition coefficient (Wildman–Crippen LogP) is 3.51. The van der Waals surface area contributed by atoms with Crippen molar-refractivity contribution in [3.05, 3.63) is 29.3 Å². The van der Waals surface area contributed by atoms with E-state index in [1.807, 2.05) is 0 Å². The lowest BCUT2D eigenvalue weighted by Gasteiger charge is -2.12. The SMILES string of the molecule is COCCCNCCCOc1cc(C)cc(C(C)C)c1. The molecule has 0 saturated heterocycles. The number of ether oxygens (including phenoxy) is 2. The third-order valence-electron chi connectivity index (χ3n) is 3.21. The molecule has 0 heterocycles. The lowest BCUT2D eigenvalue weighted by Crippen LogP contribution is -2.19. The highest BCUT2D eigenvalue weighted by molar-refractivity contribution is 5.35. The predicted molar refractivity (Wildman–Crippen MR) is 84.7 cm³/mol. The molecule has 0 radical (unpaired) electrons. The molecule has 0 aromatic heterocycles. The van der Waals surface area contributed by atoms with E-state index in [0.29, 0.717) is 5.92 Å². The second-order valence-corrected chi connectivity index (χ2v) is 5.53. The number of hydrogen-bond donors (Lipinski definition) is 1. The fourth-order valence-electron chi connectivity index (χ4n) is 2.05. The van der Waals surface area contributed by atoms with E-state index in [1.165, 1.54) is 11.1 Å². The second-order valence-electron chi connectivity index (χ2n) is 5.53. The molecule has 1 rings (SSSR count). The van der Waals surface area contributed by atoms with E-state index in [2.05, 4.69) is 44.3 Å². The van der Waals surface area contributed by atoms with Gasteiger partial charge in [0.15, 0.2) is 0 Å². The van der Waals surface area contributed by atoms with Crippen molar-refractivity contribution in [3.63, 3.8) is 0 Å². The zero-order chi connectivity index (χ0) is 14.8. The third kappa shape index (κ3) is 6.92. The summed E-state index contributed by atoms with van der Waals surface area (Å²) < 4.78 is 10.8. The zero-order valence-electron chi connectivity index (χ0n) is 13.4.